The Labute approximate surface area is 113 Å². The van der Waals surface area contributed by atoms with Crippen LogP contribution in [0.25, 0.3) is 0 Å². The summed E-state index contributed by atoms with van der Waals surface area (Å²) in [6.45, 7) is 3.26. The van der Waals surface area contributed by atoms with Gasteiger partial charge in [-0.2, -0.15) is 0 Å². The van der Waals surface area contributed by atoms with Crippen LogP contribution in [0.4, 0.5) is 0 Å². The van der Waals surface area contributed by atoms with Gasteiger partial charge in [-0.3, -0.25) is 0 Å². The van der Waals surface area contributed by atoms with Gasteiger partial charge in [0.2, 0.25) is 5.88 Å². The summed E-state index contributed by atoms with van der Waals surface area (Å²) >= 11 is 0. The number of pyridine rings is 1. The van der Waals surface area contributed by atoms with Gasteiger partial charge >= 0.3 is 0 Å². The second-order valence-electron chi connectivity index (χ2n) is 4.13. The molecule has 0 saturated carbocycles. The number of para-hydroxylation sites is 1. The van der Waals surface area contributed by atoms with Crippen molar-refractivity contribution in [2.75, 3.05) is 13.2 Å². The van der Waals surface area contributed by atoms with E-state index in [-0.39, 0.29) is 0 Å². The summed E-state index contributed by atoms with van der Waals surface area (Å²) in [6, 6.07) is 13.5. The van der Waals surface area contributed by atoms with Crippen LogP contribution in [-0.2, 0) is 6.54 Å². The molecular formula is C15H18N2O2. The molecule has 0 aliphatic rings. The lowest BCUT2D eigenvalue weighted by Gasteiger charge is -2.10. The van der Waals surface area contributed by atoms with Crippen molar-refractivity contribution in [2.45, 2.75) is 13.5 Å². The summed E-state index contributed by atoms with van der Waals surface area (Å²) in [7, 11) is 0. The highest BCUT2D eigenvalue weighted by Gasteiger charge is 2.04. The summed E-state index contributed by atoms with van der Waals surface area (Å²) in [5.74, 6) is 1.43. The zero-order valence-corrected chi connectivity index (χ0v) is 11.0. The van der Waals surface area contributed by atoms with Crippen LogP contribution in [0, 0.1) is 6.92 Å². The lowest BCUT2D eigenvalue weighted by atomic mass is 10.2. The Kier molecular flexibility index (Phi) is 4.75. The number of aryl methyl sites for hydroxylation is 1. The van der Waals surface area contributed by atoms with Crippen LogP contribution in [-0.4, -0.2) is 18.2 Å². The van der Waals surface area contributed by atoms with Gasteiger partial charge in [-0.25, -0.2) is 4.98 Å². The maximum Gasteiger partial charge on any atom is 0.218 e. The van der Waals surface area contributed by atoms with Gasteiger partial charge in [0.1, 0.15) is 19.0 Å². The maximum atomic E-state index is 5.64. The van der Waals surface area contributed by atoms with Gasteiger partial charge in [0.05, 0.1) is 0 Å². The molecule has 1 aromatic carbocycles. The number of aromatic nitrogens is 1. The minimum Gasteiger partial charge on any atom is -0.490 e. The molecule has 2 aromatic rings. The fraction of sp³-hybridized carbons (Fsp3) is 0.267. The second-order valence-corrected chi connectivity index (χ2v) is 4.13. The third kappa shape index (κ3) is 3.96. The second kappa shape index (κ2) is 6.75. The van der Waals surface area contributed by atoms with Gasteiger partial charge < -0.3 is 15.2 Å². The van der Waals surface area contributed by atoms with Crippen LogP contribution in [0.3, 0.4) is 0 Å². The van der Waals surface area contributed by atoms with Gasteiger partial charge in [0.25, 0.3) is 0 Å². The van der Waals surface area contributed by atoms with Gasteiger partial charge in [0.15, 0.2) is 0 Å². The third-order valence-corrected chi connectivity index (χ3v) is 2.63. The van der Waals surface area contributed by atoms with Crippen molar-refractivity contribution in [3.05, 3.63) is 53.7 Å². The van der Waals surface area contributed by atoms with E-state index < -0.39 is 0 Å². The predicted octanol–water partition coefficient (Wildman–Crippen LogP) is 2.31. The van der Waals surface area contributed by atoms with Crippen LogP contribution in [0.1, 0.15) is 11.3 Å². The lowest BCUT2D eigenvalue weighted by Crippen LogP contribution is -2.12. The van der Waals surface area contributed by atoms with Crippen LogP contribution < -0.4 is 15.2 Å². The molecule has 0 atom stereocenters. The van der Waals surface area contributed by atoms with E-state index >= 15 is 0 Å². The average Bonchev–Trinajstić information content (AvgIpc) is 2.45. The number of benzene rings is 1. The van der Waals surface area contributed by atoms with Crippen LogP contribution >= 0.6 is 0 Å². The fourth-order valence-electron chi connectivity index (χ4n) is 1.66. The Morgan fingerprint density at radius 3 is 2.47 bits per heavy atom. The summed E-state index contributed by atoms with van der Waals surface area (Å²) in [6.07, 6.45) is 0. The molecule has 4 nitrogen and oxygen atoms in total. The molecule has 4 heteroatoms. The molecule has 0 aliphatic carbocycles. The average molecular weight is 258 g/mol. The van der Waals surface area contributed by atoms with E-state index in [0.717, 1.165) is 17.0 Å². The molecule has 1 heterocycles. The van der Waals surface area contributed by atoms with E-state index in [4.69, 9.17) is 15.2 Å². The summed E-state index contributed by atoms with van der Waals surface area (Å²) in [4.78, 5) is 4.33. The Morgan fingerprint density at radius 2 is 1.74 bits per heavy atom. The van der Waals surface area contributed by atoms with Crippen molar-refractivity contribution in [3.8, 4) is 11.6 Å². The molecule has 1 aromatic heterocycles. The van der Waals surface area contributed by atoms with E-state index in [0.29, 0.717) is 25.6 Å². The summed E-state index contributed by atoms with van der Waals surface area (Å²) in [5, 5.41) is 0. The number of nitrogens with zero attached hydrogens (tertiary/aromatic N) is 1. The number of hydrogen-bond donors (Lipinski definition) is 1. The zero-order chi connectivity index (χ0) is 13.5. The Balaban J connectivity index is 1.84. The van der Waals surface area contributed by atoms with E-state index in [1.54, 1.807) is 0 Å². The minimum atomic E-state index is 0.419. The monoisotopic (exact) mass is 258 g/mol. The molecule has 0 radical (unpaired) electrons. The molecule has 0 aliphatic heterocycles. The molecule has 0 fully saturated rings. The van der Waals surface area contributed by atoms with E-state index in [1.165, 1.54) is 0 Å². The highest BCUT2D eigenvalue weighted by atomic mass is 16.5. The van der Waals surface area contributed by atoms with Crippen LogP contribution in [0.5, 0.6) is 11.6 Å². The van der Waals surface area contributed by atoms with E-state index in [1.807, 2.05) is 49.4 Å². The molecule has 2 N–H and O–H groups in total. The maximum absolute atomic E-state index is 5.64. The molecule has 0 saturated heterocycles. The van der Waals surface area contributed by atoms with Crippen molar-refractivity contribution in [1.82, 2.24) is 4.98 Å². The number of nitrogens with two attached hydrogens (primary N) is 1. The SMILES string of the molecule is Cc1ccc(CN)c(OCCOc2ccccc2)n1. The number of hydrogen-bond acceptors (Lipinski definition) is 4. The van der Waals surface area contributed by atoms with Crippen molar-refractivity contribution in [3.63, 3.8) is 0 Å². The molecule has 0 amide bonds. The Bertz CT molecular complexity index is 515. The highest BCUT2D eigenvalue weighted by Crippen LogP contribution is 2.15. The molecule has 2 rings (SSSR count). The van der Waals surface area contributed by atoms with Gasteiger partial charge in [-0.15, -0.1) is 0 Å². The third-order valence-electron chi connectivity index (χ3n) is 2.63. The summed E-state index contributed by atoms with van der Waals surface area (Å²) in [5.41, 5.74) is 7.47. The normalized spacial score (nSPS) is 10.2. The Hall–Kier alpha value is -2.07. The van der Waals surface area contributed by atoms with Crippen LogP contribution in [0.15, 0.2) is 42.5 Å². The van der Waals surface area contributed by atoms with E-state index in [2.05, 4.69) is 4.98 Å². The van der Waals surface area contributed by atoms with Crippen molar-refractivity contribution < 1.29 is 9.47 Å². The lowest BCUT2D eigenvalue weighted by molar-refractivity contribution is 0.210. The van der Waals surface area contributed by atoms with Gasteiger partial charge in [-0.1, -0.05) is 24.3 Å². The molecule has 0 spiro atoms. The standard InChI is InChI=1S/C15H18N2O2/c1-12-7-8-13(11-16)15(17-12)19-10-9-18-14-5-3-2-4-6-14/h2-8H,9-11,16H2,1H3. The molecule has 0 bridgehead atoms. The van der Waals surface area contributed by atoms with E-state index in [9.17, 15) is 0 Å². The predicted molar refractivity (Wildman–Crippen MR) is 74.3 cm³/mol. The van der Waals surface area contributed by atoms with Crippen LogP contribution in [0.2, 0.25) is 0 Å². The first-order chi connectivity index (χ1) is 9.29. The first kappa shape index (κ1) is 13.4. The molecule has 100 valence electrons. The topological polar surface area (TPSA) is 57.4 Å². The Morgan fingerprint density at radius 1 is 1.00 bits per heavy atom. The number of rotatable bonds is 6. The van der Waals surface area contributed by atoms with Crippen molar-refractivity contribution in [2.24, 2.45) is 5.73 Å². The van der Waals surface area contributed by atoms with Gasteiger partial charge in [0, 0.05) is 17.8 Å². The fourth-order valence-corrected chi connectivity index (χ4v) is 1.66. The zero-order valence-electron chi connectivity index (χ0n) is 11.0. The quantitative estimate of drug-likeness (QED) is 0.808. The van der Waals surface area contributed by atoms with Crippen molar-refractivity contribution in [1.29, 1.82) is 0 Å². The first-order valence-corrected chi connectivity index (χ1v) is 6.27. The molecule has 0 unspecified atom stereocenters. The first-order valence-electron chi connectivity index (χ1n) is 6.27. The molecule has 19 heavy (non-hydrogen) atoms. The minimum absolute atomic E-state index is 0.419. The number of ether oxygens (including phenoxy) is 2. The smallest absolute Gasteiger partial charge is 0.218 e. The highest BCUT2D eigenvalue weighted by molar-refractivity contribution is 5.27. The molecular weight excluding hydrogens is 240 g/mol. The van der Waals surface area contributed by atoms with Crippen molar-refractivity contribution >= 4 is 0 Å². The van der Waals surface area contributed by atoms with Gasteiger partial charge in [-0.05, 0) is 25.1 Å². The summed E-state index contributed by atoms with van der Waals surface area (Å²) < 4.78 is 11.2. The largest absolute Gasteiger partial charge is 0.490 e.